The largest absolute Gasteiger partial charge is 0.394 e. The number of rotatable bonds is 2. The number of para-hydroxylation sites is 1. The molecular weight excluding hydrogens is 394 g/mol. The number of hydrogen-bond donors (Lipinski definition) is 2. The number of benzene rings is 2. The summed E-state index contributed by atoms with van der Waals surface area (Å²) in [6.07, 6.45) is 3.51. The lowest BCUT2D eigenvalue weighted by Gasteiger charge is -2.34. The van der Waals surface area contributed by atoms with E-state index in [0.29, 0.717) is 5.69 Å². The Morgan fingerprint density at radius 1 is 0.968 bits per heavy atom. The summed E-state index contributed by atoms with van der Waals surface area (Å²) in [5, 5.41) is 8.06. The van der Waals surface area contributed by atoms with Crippen molar-refractivity contribution in [2.75, 3.05) is 4.90 Å². The van der Waals surface area contributed by atoms with Crippen LogP contribution in [-0.2, 0) is 14.4 Å². The first-order valence-corrected chi connectivity index (χ1v) is 10.3. The number of carbonyl (C=O) groups is 3. The number of anilines is 1. The van der Waals surface area contributed by atoms with Crippen molar-refractivity contribution >= 4 is 29.5 Å². The van der Waals surface area contributed by atoms with E-state index in [9.17, 15) is 14.4 Å². The van der Waals surface area contributed by atoms with E-state index in [1.165, 1.54) is 4.90 Å². The Labute approximate surface area is 180 Å². The molecule has 0 bridgehead atoms. The predicted octanol–water partition coefficient (Wildman–Crippen LogP) is 2.07. The van der Waals surface area contributed by atoms with Crippen LogP contribution in [0.5, 0.6) is 0 Å². The van der Waals surface area contributed by atoms with Crippen molar-refractivity contribution < 1.29 is 19.5 Å². The lowest BCUT2D eigenvalue weighted by Crippen LogP contribution is -2.46. The van der Waals surface area contributed by atoms with Crippen molar-refractivity contribution in [3.63, 3.8) is 0 Å². The summed E-state index contributed by atoms with van der Waals surface area (Å²) < 4.78 is 0. The molecule has 5 rings (SSSR count). The summed E-state index contributed by atoms with van der Waals surface area (Å²) >= 11 is 0. The molecule has 7 nitrogen and oxygen atoms in total. The van der Waals surface area contributed by atoms with Gasteiger partial charge in [0.25, 0.3) is 0 Å². The van der Waals surface area contributed by atoms with Crippen molar-refractivity contribution in [1.82, 2.24) is 4.90 Å². The Morgan fingerprint density at radius 3 is 2.19 bits per heavy atom. The van der Waals surface area contributed by atoms with Gasteiger partial charge in [-0.25, -0.2) is 4.90 Å². The molecule has 0 aromatic heterocycles. The fourth-order valence-electron chi connectivity index (χ4n) is 4.71. The smallest absolute Gasteiger partial charge is 0.240 e. The minimum Gasteiger partial charge on any atom is -0.394 e. The zero-order valence-corrected chi connectivity index (χ0v) is 17.4. The van der Waals surface area contributed by atoms with Gasteiger partial charge in [-0.15, -0.1) is 0 Å². The van der Waals surface area contributed by atoms with Crippen LogP contribution in [0.2, 0.25) is 0 Å². The first-order valence-electron chi connectivity index (χ1n) is 10.3. The number of imide groups is 1. The second-order valence-electron chi connectivity index (χ2n) is 8.18. The van der Waals surface area contributed by atoms with E-state index in [1.807, 2.05) is 36.4 Å². The van der Waals surface area contributed by atoms with Crippen LogP contribution in [0.25, 0.3) is 6.08 Å². The van der Waals surface area contributed by atoms with Gasteiger partial charge in [-0.2, -0.15) is 0 Å². The minimum absolute atomic E-state index is 0.167. The minimum atomic E-state index is -0.838. The summed E-state index contributed by atoms with van der Waals surface area (Å²) in [4.78, 5) is 41.8. The van der Waals surface area contributed by atoms with Crippen molar-refractivity contribution in [1.29, 1.82) is 0 Å². The predicted molar refractivity (Wildman–Crippen MR) is 116 cm³/mol. The molecule has 31 heavy (non-hydrogen) atoms. The van der Waals surface area contributed by atoms with Crippen LogP contribution < -0.4 is 10.6 Å². The van der Waals surface area contributed by atoms with Gasteiger partial charge in [0.1, 0.15) is 6.04 Å². The fraction of sp³-hybridized carbons (Fsp3) is 0.292. The molecule has 7 heteroatoms. The molecule has 0 aliphatic carbocycles. The molecule has 160 valence electrons. The van der Waals surface area contributed by atoms with Gasteiger partial charge in [0.15, 0.2) is 0 Å². The first-order chi connectivity index (χ1) is 14.8. The van der Waals surface area contributed by atoms with Gasteiger partial charge < -0.3 is 15.7 Å². The molecule has 3 N–H and O–H groups in total. The summed E-state index contributed by atoms with van der Waals surface area (Å²) in [5.74, 6) is -2.65. The van der Waals surface area contributed by atoms with Gasteiger partial charge in [-0.05, 0) is 43.2 Å². The van der Waals surface area contributed by atoms with E-state index in [1.54, 1.807) is 49.2 Å². The van der Waals surface area contributed by atoms with E-state index >= 15 is 0 Å². The molecule has 3 aliphatic rings. The molecule has 2 aromatic rings. The molecule has 4 atom stereocenters. The van der Waals surface area contributed by atoms with Crippen LogP contribution in [0.15, 0.2) is 60.8 Å². The number of fused-ring (bicyclic) bond motifs is 5. The van der Waals surface area contributed by atoms with Gasteiger partial charge in [0, 0.05) is 12.3 Å². The molecule has 2 fully saturated rings. The van der Waals surface area contributed by atoms with Crippen LogP contribution in [0, 0.1) is 11.8 Å². The third-order valence-electron chi connectivity index (χ3n) is 5.77. The second kappa shape index (κ2) is 8.00. The van der Waals surface area contributed by atoms with Crippen LogP contribution in [0.1, 0.15) is 31.0 Å². The molecule has 4 unspecified atom stereocenters. The lowest BCUT2D eigenvalue weighted by molar-refractivity contribution is -0.129. The number of primary amides is 1. The molecule has 3 aliphatic heterocycles. The quantitative estimate of drug-likeness (QED) is 0.726. The standard InChI is InChI=1S/C21H17N3O3.C3H8O/c22-19(25)18-16-15(17-14-9-5-4-6-12(14)10-11-23(17)18)20(26)24(21(16)27)13-7-2-1-3-8-13;1-3(2)4/h1-11,15-18H,(H2,22,25);3-4H,1-2H3. The number of amides is 3. The Balaban J connectivity index is 0.000000535. The Morgan fingerprint density at radius 2 is 1.55 bits per heavy atom. The Kier molecular flexibility index (Phi) is 5.37. The van der Waals surface area contributed by atoms with Crippen molar-refractivity contribution in [3.05, 3.63) is 71.9 Å². The number of aliphatic hydroxyl groups excluding tert-OH is 1. The highest BCUT2D eigenvalue weighted by Crippen LogP contribution is 2.52. The van der Waals surface area contributed by atoms with Gasteiger partial charge in [-0.3, -0.25) is 14.4 Å². The van der Waals surface area contributed by atoms with Crippen LogP contribution in [0.3, 0.4) is 0 Å². The van der Waals surface area contributed by atoms with E-state index in [4.69, 9.17) is 10.8 Å². The number of carbonyl (C=O) groups excluding carboxylic acids is 3. The fourth-order valence-corrected chi connectivity index (χ4v) is 4.71. The lowest BCUT2D eigenvalue weighted by atomic mass is 9.84. The summed E-state index contributed by atoms with van der Waals surface area (Å²) in [6.45, 7) is 3.44. The third kappa shape index (κ3) is 3.41. The summed E-state index contributed by atoms with van der Waals surface area (Å²) in [6, 6.07) is 15.4. The van der Waals surface area contributed by atoms with E-state index in [0.717, 1.165) is 11.1 Å². The molecule has 3 heterocycles. The van der Waals surface area contributed by atoms with E-state index in [2.05, 4.69) is 0 Å². The van der Waals surface area contributed by atoms with Crippen molar-refractivity contribution in [2.45, 2.75) is 32.0 Å². The molecule has 3 amide bonds. The van der Waals surface area contributed by atoms with Gasteiger partial charge in [0.05, 0.1) is 23.6 Å². The number of hydrogen-bond acceptors (Lipinski definition) is 5. The van der Waals surface area contributed by atoms with Gasteiger partial charge >= 0.3 is 0 Å². The second-order valence-corrected chi connectivity index (χ2v) is 8.18. The molecular formula is C24H25N3O4. The average Bonchev–Trinajstić information content (AvgIpc) is 3.21. The monoisotopic (exact) mass is 419 g/mol. The van der Waals surface area contributed by atoms with E-state index < -0.39 is 23.8 Å². The maximum Gasteiger partial charge on any atom is 0.240 e. The van der Waals surface area contributed by atoms with Gasteiger partial charge in [0.2, 0.25) is 17.7 Å². The highest BCUT2D eigenvalue weighted by Gasteiger charge is 2.64. The number of aliphatic hydroxyl groups is 1. The molecule has 2 saturated heterocycles. The van der Waals surface area contributed by atoms with Crippen LogP contribution in [0.4, 0.5) is 5.69 Å². The molecule has 0 saturated carbocycles. The topological polar surface area (TPSA) is 104 Å². The maximum absolute atomic E-state index is 13.3. The number of nitrogens with two attached hydrogens (primary N) is 1. The zero-order chi connectivity index (χ0) is 22.3. The Bertz CT molecular complexity index is 1050. The first kappa shape index (κ1) is 20.8. The van der Waals surface area contributed by atoms with Crippen LogP contribution in [-0.4, -0.2) is 39.9 Å². The van der Waals surface area contributed by atoms with Crippen LogP contribution >= 0.6 is 0 Å². The third-order valence-corrected chi connectivity index (χ3v) is 5.77. The molecule has 2 aromatic carbocycles. The van der Waals surface area contributed by atoms with Crippen molar-refractivity contribution in [3.8, 4) is 0 Å². The molecule has 0 radical (unpaired) electrons. The average molecular weight is 419 g/mol. The number of nitrogens with zero attached hydrogens (tertiary/aromatic N) is 2. The highest BCUT2D eigenvalue weighted by atomic mass is 16.3. The van der Waals surface area contributed by atoms with E-state index in [-0.39, 0.29) is 24.0 Å². The Hall–Kier alpha value is -3.45. The summed E-state index contributed by atoms with van der Waals surface area (Å²) in [5.41, 5.74) is 8.13. The van der Waals surface area contributed by atoms with Crippen molar-refractivity contribution in [2.24, 2.45) is 17.6 Å². The normalized spacial score (nSPS) is 25.7. The SMILES string of the molecule is CC(C)O.NC(=O)C1C2C(=O)N(c3ccccc3)C(=O)C2C2c3ccccc3C=CN12. The molecule has 0 spiro atoms. The van der Waals surface area contributed by atoms with Gasteiger partial charge in [-0.1, -0.05) is 42.5 Å². The maximum atomic E-state index is 13.3. The highest BCUT2D eigenvalue weighted by molar-refractivity contribution is 6.24. The summed E-state index contributed by atoms with van der Waals surface area (Å²) in [7, 11) is 0. The zero-order valence-electron chi connectivity index (χ0n) is 17.4.